The lowest BCUT2D eigenvalue weighted by Crippen LogP contribution is -2.22. The number of fused-ring (bicyclic) bond motifs is 1. The Labute approximate surface area is 203 Å². The number of carbonyl (C=O) groups is 1. The lowest BCUT2D eigenvalue weighted by Gasteiger charge is -2.10. The number of amides is 1. The second-order valence-corrected chi connectivity index (χ2v) is 8.20. The van der Waals surface area contributed by atoms with Crippen molar-refractivity contribution in [2.75, 3.05) is 11.9 Å². The molecule has 4 aromatic rings. The van der Waals surface area contributed by atoms with Crippen LogP contribution in [0.25, 0.3) is 10.9 Å². The van der Waals surface area contributed by atoms with Crippen molar-refractivity contribution in [1.29, 1.82) is 0 Å². The topological polar surface area (TPSA) is 85.6 Å². The Morgan fingerprint density at radius 3 is 2.71 bits per heavy atom. The summed E-state index contributed by atoms with van der Waals surface area (Å²) in [7, 11) is 0. The zero-order chi connectivity index (χ0) is 24.1. The lowest BCUT2D eigenvalue weighted by atomic mass is 10.2. The van der Waals surface area contributed by atoms with Gasteiger partial charge in [-0.15, -0.1) is 0 Å². The van der Waals surface area contributed by atoms with Crippen molar-refractivity contribution in [2.24, 2.45) is 5.10 Å². The van der Waals surface area contributed by atoms with E-state index in [1.807, 2.05) is 13.0 Å². The molecule has 1 aromatic heterocycles. The number of benzene rings is 3. The lowest BCUT2D eigenvalue weighted by molar-refractivity contribution is -0.118. The Hall–Kier alpha value is -3.85. The molecule has 0 spiro atoms. The number of rotatable bonds is 7. The highest BCUT2D eigenvalue weighted by molar-refractivity contribution is 9.10. The number of carbonyl (C=O) groups excluding carboxylic acids is 1. The van der Waals surface area contributed by atoms with Crippen LogP contribution in [0, 0.1) is 5.82 Å². The zero-order valence-corrected chi connectivity index (χ0v) is 19.8. The normalized spacial score (nSPS) is 11.1. The molecule has 0 aliphatic heterocycles. The number of aryl methyl sites for hydroxylation is 1. The van der Waals surface area contributed by atoms with Crippen molar-refractivity contribution >= 4 is 44.6 Å². The van der Waals surface area contributed by atoms with Gasteiger partial charge in [0.05, 0.1) is 17.1 Å². The van der Waals surface area contributed by atoms with E-state index in [4.69, 9.17) is 4.74 Å². The minimum Gasteiger partial charge on any atom is -0.483 e. The molecule has 0 saturated carbocycles. The summed E-state index contributed by atoms with van der Waals surface area (Å²) >= 11 is 3.38. The van der Waals surface area contributed by atoms with Crippen molar-refractivity contribution in [1.82, 2.24) is 9.66 Å². The van der Waals surface area contributed by atoms with Gasteiger partial charge < -0.3 is 10.1 Å². The SMILES string of the molecule is CCc1nc2ccc(Br)cc2c(=O)n1N=Cc1ccccc1OCC(=O)Nc1ccc(F)cc1. The average molecular weight is 523 g/mol. The molecule has 34 heavy (non-hydrogen) atoms. The number of nitrogens with zero attached hydrogens (tertiary/aromatic N) is 3. The van der Waals surface area contributed by atoms with Gasteiger partial charge in [0, 0.05) is 22.1 Å². The second-order valence-electron chi connectivity index (χ2n) is 7.29. The molecular weight excluding hydrogens is 503 g/mol. The number of aromatic nitrogens is 2. The van der Waals surface area contributed by atoms with Crippen LogP contribution in [-0.4, -0.2) is 28.4 Å². The third-order valence-electron chi connectivity index (χ3n) is 4.91. The Morgan fingerprint density at radius 2 is 1.94 bits per heavy atom. The van der Waals surface area contributed by atoms with Gasteiger partial charge in [-0.1, -0.05) is 35.0 Å². The van der Waals surface area contributed by atoms with Gasteiger partial charge in [-0.25, -0.2) is 9.37 Å². The van der Waals surface area contributed by atoms with Gasteiger partial charge in [0.25, 0.3) is 11.5 Å². The first-order valence-corrected chi connectivity index (χ1v) is 11.3. The van der Waals surface area contributed by atoms with Gasteiger partial charge in [0.15, 0.2) is 6.61 Å². The summed E-state index contributed by atoms with van der Waals surface area (Å²) < 4.78 is 20.7. The third-order valence-corrected chi connectivity index (χ3v) is 5.40. The van der Waals surface area contributed by atoms with Gasteiger partial charge in [0.2, 0.25) is 0 Å². The smallest absolute Gasteiger partial charge is 0.282 e. The predicted molar refractivity (Wildman–Crippen MR) is 133 cm³/mol. The van der Waals surface area contributed by atoms with E-state index in [9.17, 15) is 14.0 Å². The largest absolute Gasteiger partial charge is 0.483 e. The minimum atomic E-state index is -0.396. The number of para-hydroxylation sites is 1. The summed E-state index contributed by atoms with van der Waals surface area (Å²) in [5.74, 6) is 0.158. The molecule has 0 aliphatic carbocycles. The van der Waals surface area contributed by atoms with Gasteiger partial charge in [-0.05, 0) is 54.6 Å². The van der Waals surface area contributed by atoms with Crippen LogP contribution in [0.15, 0.2) is 81.1 Å². The molecule has 9 heteroatoms. The molecule has 172 valence electrons. The number of hydrogen-bond acceptors (Lipinski definition) is 5. The first kappa shape index (κ1) is 23.3. The summed E-state index contributed by atoms with van der Waals surface area (Å²) in [6, 6.07) is 17.8. The maximum Gasteiger partial charge on any atom is 0.282 e. The van der Waals surface area contributed by atoms with E-state index in [-0.39, 0.29) is 18.0 Å². The summed E-state index contributed by atoms with van der Waals surface area (Å²) in [5, 5.41) is 7.46. The molecule has 7 nitrogen and oxygen atoms in total. The predicted octanol–water partition coefficient (Wildman–Crippen LogP) is 4.76. The fourth-order valence-corrected chi connectivity index (χ4v) is 3.62. The van der Waals surface area contributed by atoms with E-state index < -0.39 is 5.91 Å². The first-order chi connectivity index (χ1) is 16.4. The molecule has 1 heterocycles. The van der Waals surface area contributed by atoms with Crippen LogP contribution in [-0.2, 0) is 11.2 Å². The number of halogens is 2. The maximum absolute atomic E-state index is 13.1. The molecule has 0 bridgehead atoms. The highest BCUT2D eigenvalue weighted by atomic mass is 79.9. The fraction of sp³-hybridized carbons (Fsp3) is 0.120. The van der Waals surface area contributed by atoms with Crippen LogP contribution in [0.5, 0.6) is 5.75 Å². The van der Waals surface area contributed by atoms with Crippen molar-refractivity contribution in [3.8, 4) is 5.75 Å². The van der Waals surface area contributed by atoms with Crippen molar-refractivity contribution < 1.29 is 13.9 Å². The van der Waals surface area contributed by atoms with E-state index in [1.54, 1.807) is 36.4 Å². The number of nitrogens with one attached hydrogen (secondary N) is 1. The monoisotopic (exact) mass is 522 g/mol. The van der Waals surface area contributed by atoms with Crippen LogP contribution in [0.3, 0.4) is 0 Å². The van der Waals surface area contributed by atoms with E-state index in [2.05, 4.69) is 31.3 Å². The molecule has 1 amide bonds. The van der Waals surface area contributed by atoms with Crippen LogP contribution in [0.1, 0.15) is 18.3 Å². The number of ether oxygens (including phenoxy) is 1. The average Bonchev–Trinajstić information content (AvgIpc) is 2.84. The third kappa shape index (κ3) is 5.37. The van der Waals surface area contributed by atoms with Crippen LogP contribution < -0.4 is 15.6 Å². The Kier molecular flexibility index (Phi) is 7.12. The molecule has 0 saturated heterocycles. The Balaban J connectivity index is 1.55. The summed E-state index contributed by atoms with van der Waals surface area (Å²) in [4.78, 5) is 29.8. The zero-order valence-electron chi connectivity index (χ0n) is 18.2. The summed E-state index contributed by atoms with van der Waals surface area (Å²) in [6.45, 7) is 1.64. The van der Waals surface area contributed by atoms with Gasteiger partial charge in [-0.3, -0.25) is 9.59 Å². The highest BCUT2D eigenvalue weighted by Crippen LogP contribution is 2.18. The molecule has 0 fully saturated rings. The minimum absolute atomic E-state index is 0.256. The van der Waals surface area contributed by atoms with Crippen LogP contribution in [0.2, 0.25) is 0 Å². The summed E-state index contributed by atoms with van der Waals surface area (Å²) in [6.07, 6.45) is 2.01. The van der Waals surface area contributed by atoms with E-state index in [0.717, 1.165) is 4.47 Å². The second kappa shape index (κ2) is 10.4. The fourth-order valence-electron chi connectivity index (χ4n) is 3.25. The molecule has 0 radical (unpaired) electrons. The standard InChI is InChI=1S/C25H20BrFN4O3/c1-2-23-30-21-12-7-17(26)13-20(21)25(33)31(23)28-14-16-5-3-4-6-22(16)34-15-24(32)29-19-10-8-18(27)9-11-19/h3-14H,2,15H2,1H3,(H,29,32). The van der Waals surface area contributed by atoms with E-state index in [0.29, 0.717) is 40.1 Å². The molecule has 3 aromatic carbocycles. The van der Waals surface area contributed by atoms with Crippen LogP contribution >= 0.6 is 15.9 Å². The summed E-state index contributed by atoms with van der Waals surface area (Å²) in [5.41, 5.74) is 1.37. The first-order valence-electron chi connectivity index (χ1n) is 10.5. The molecule has 1 N–H and O–H groups in total. The van der Waals surface area contributed by atoms with Crippen molar-refractivity contribution in [3.05, 3.63) is 98.8 Å². The number of hydrogen-bond donors (Lipinski definition) is 1. The molecule has 0 unspecified atom stereocenters. The maximum atomic E-state index is 13.1. The molecule has 4 rings (SSSR count). The Morgan fingerprint density at radius 1 is 1.18 bits per heavy atom. The van der Waals surface area contributed by atoms with E-state index in [1.165, 1.54) is 35.2 Å². The van der Waals surface area contributed by atoms with E-state index >= 15 is 0 Å². The number of anilines is 1. The molecule has 0 aliphatic rings. The van der Waals surface area contributed by atoms with Crippen molar-refractivity contribution in [2.45, 2.75) is 13.3 Å². The van der Waals surface area contributed by atoms with Gasteiger partial charge >= 0.3 is 0 Å². The molecule has 0 atom stereocenters. The van der Waals surface area contributed by atoms with Gasteiger partial charge in [0.1, 0.15) is 17.4 Å². The van der Waals surface area contributed by atoms with Crippen molar-refractivity contribution in [3.63, 3.8) is 0 Å². The quantitative estimate of drug-likeness (QED) is 0.354. The molecular formula is C25H20BrFN4O3. The van der Waals surface area contributed by atoms with Gasteiger partial charge in [-0.2, -0.15) is 9.78 Å². The highest BCUT2D eigenvalue weighted by Gasteiger charge is 2.11. The Bertz CT molecular complexity index is 1430. The van der Waals surface area contributed by atoms with Crippen LogP contribution in [0.4, 0.5) is 10.1 Å².